The summed E-state index contributed by atoms with van der Waals surface area (Å²) in [5, 5.41) is 36.8. The molecule has 0 bridgehead atoms. The molecule has 8 N–H and O–H groups in total. The van der Waals surface area contributed by atoms with Crippen LogP contribution in [0.2, 0.25) is 0 Å². The summed E-state index contributed by atoms with van der Waals surface area (Å²) in [6.45, 7) is -0.294. The number of hydrogen-bond donors (Lipinski definition) is 6. The van der Waals surface area contributed by atoms with Crippen LogP contribution in [-0.2, 0) is 9.59 Å². The maximum atomic E-state index is 11.6. The molecule has 0 aromatic rings. The molecule has 0 fully saturated rings. The molecule has 0 aliphatic heterocycles. The van der Waals surface area contributed by atoms with Crippen LogP contribution in [0.25, 0.3) is 0 Å². The molecule has 0 rings (SSSR count). The van der Waals surface area contributed by atoms with E-state index in [2.05, 4.69) is 0 Å². The summed E-state index contributed by atoms with van der Waals surface area (Å²) in [5.41, 5.74) is 10.7. The van der Waals surface area contributed by atoms with Gasteiger partial charge in [0.05, 0.1) is 6.61 Å². The topological polar surface area (TPSA) is 167 Å². The van der Waals surface area contributed by atoms with E-state index in [1.165, 1.54) is 0 Å². The second kappa shape index (κ2) is 9.92. The van der Waals surface area contributed by atoms with Gasteiger partial charge in [-0.25, -0.2) is 0 Å². The number of carbonyl (C=O) groups excluding carboxylic acids is 2. The van der Waals surface area contributed by atoms with E-state index >= 15 is 0 Å². The summed E-state index contributed by atoms with van der Waals surface area (Å²) in [7, 11) is 0. The zero-order valence-electron chi connectivity index (χ0n) is 11.3. The fraction of sp³-hybridized carbons (Fsp3) is 0.833. The van der Waals surface area contributed by atoms with Gasteiger partial charge in [0.15, 0.2) is 5.78 Å². The number of carbonyl (C=O) groups is 2. The Morgan fingerprint density at radius 2 is 1.60 bits per heavy atom. The number of Topliss-reactive ketones (excluding diaryl/α,β-unsaturated/α-hetero) is 2. The van der Waals surface area contributed by atoms with Gasteiger partial charge in [-0.15, -0.1) is 0 Å². The van der Waals surface area contributed by atoms with Crippen molar-refractivity contribution in [2.24, 2.45) is 11.5 Å². The normalized spacial score (nSPS) is 17.3. The quantitative estimate of drug-likeness (QED) is 0.173. The van der Waals surface area contributed by atoms with Gasteiger partial charge < -0.3 is 31.9 Å². The van der Waals surface area contributed by atoms with Crippen LogP contribution in [0, 0.1) is 0 Å². The Morgan fingerprint density at radius 3 is 2.10 bits per heavy atom. The van der Waals surface area contributed by atoms with Gasteiger partial charge in [0, 0.05) is 6.42 Å². The number of aliphatic hydroxyl groups is 4. The minimum Gasteiger partial charge on any atom is -0.394 e. The van der Waals surface area contributed by atoms with Crippen molar-refractivity contribution in [3.63, 3.8) is 0 Å². The highest BCUT2D eigenvalue weighted by atomic mass is 16.4. The predicted molar refractivity (Wildman–Crippen MR) is 70.6 cm³/mol. The van der Waals surface area contributed by atoms with E-state index in [0.717, 1.165) is 6.42 Å². The van der Waals surface area contributed by atoms with Gasteiger partial charge in [0.25, 0.3) is 0 Å². The zero-order valence-corrected chi connectivity index (χ0v) is 11.3. The van der Waals surface area contributed by atoms with Crippen molar-refractivity contribution in [3.05, 3.63) is 0 Å². The fourth-order valence-corrected chi connectivity index (χ4v) is 1.62. The first-order valence-electron chi connectivity index (χ1n) is 6.54. The van der Waals surface area contributed by atoms with E-state index in [0.29, 0.717) is 19.4 Å². The number of nitrogens with two attached hydrogens (primary N) is 2. The van der Waals surface area contributed by atoms with Crippen LogP contribution < -0.4 is 11.5 Å². The molecule has 0 aliphatic carbocycles. The first-order chi connectivity index (χ1) is 9.36. The summed E-state index contributed by atoms with van der Waals surface area (Å²) in [5.74, 6) is -1.74. The highest BCUT2D eigenvalue weighted by Gasteiger charge is 2.35. The maximum absolute atomic E-state index is 11.6. The average Bonchev–Trinajstić information content (AvgIpc) is 2.47. The molecule has 0 radical (unpaired) electrons. The third-order valence-corrected chi connectivity index (χ3v) is 2.98. The number of ketones is 2. The monoisotopic (exact) mass is 292 g/mol. The first kappa shape index (κ1) is 19.1. The highest BCUT2D eigenvalue weighted by Crippen LogP contribution is 2.07. The minimum absolute atomic E-state index is 0.00208. The second-order valence-electron chi connectivity index (χ2n) is 4.64. The van der Waals surface area contributed by atoms with Crippen LogP contribution in [-0.4, -0.2) is 69.5 Å². The van der Waals surface area contributed by atoms with Gasteiger partial charge in [-0.3, -0.25) is 9.59 Å². The molecule has 0 saturated carbocycles. The summed E-state index contributed by atoms with van der Waals surface area (Å²) >= 11 is 0. The maximum Gasteiger partial charge on any atom is 0.217 e. The molecule has 0 heterocycles. The molecule has 0 amide bonds. The standard InChI is InChI=1S/C12H24N2O6/c13-5-3-1-2-4-7(16)10(18)9(14)12(20)11(19)8(17)6-15/h8-9,11-12,15,17,19-20H,1-6,13-14H2/t8-,9+,11+,12-/m1/s1. The predicted octanol–water partition coefficient (Wildman–Crippen LogP) is -2.95. The van der Waals surface area contributed by atoms with Crippen molar-refractivity contribution in [2.75, 3.05) is 13.2 Å². The Morgan fingerprint density at radius 1 is 1.00 bits per heavy atom. The van der Waals surface area contributed by atoms with Crippen LogP contribution >= 0.6 is 0 Å². The van der Waals surface area contributed by atoms with Crippen molar-refractivity contribution in [1.82, 2.24) is 0 Å². The molecule has 20 heavy (non-hydrogen) atoms. The van der Waals surface area contributed by atoms with E-state index in [1.54, 1.807) is 0 Å². The summed E-state index contributed by atoms with van der Waals surface area (Å²) < 4.78 is 0. The van der Waals surface area contributed by atoms with Gasteiger partial charge in [0.1, 0.15) is 24.4 Å². The van der Waals surface area contributed by atoms with Crippen LogP contribution in [0.15, 0.2) is 0 Å². The molecule has 0 aliphatic rings. The molecule has 0 aromatic carbocycles. The third-order valence-electron chi connectivity index (χ3n) is 2.98. The molecular weight excluding hydrogens is 268 g/mol. The van der Waals surface area contributed by atoms with Crippen LogP contribution in [0.1, 0.15) is 25.7 Å². The van der Waals surface area contributed by atoms with Gasteiger partial charge in [-0.2, -0.15) is 0 Å². The Kier molecular flexibility index (Phi) is 9.47. The van der Waals surface area contributed by atoms with Crippen molar-refractivity contribution in [3.8, 4) is 0 Å². The number of unbranched alkanes of at least 4 members (excludes halogenated alkanes) is 2. The van der Waals surface area contributed by atoms with E-state index in [9.17, 15) is 19.8 Å². The summed E-state index contributed by atoms with van der Waals surface area (Å²) in [4.78, 5) is 23.2. The molecule has 4 atom stereocenters. The SMILES string of the molecule is NCCCCCC(=O)C(=O)[C@H](N)[C@@H](O)[C@@H](O)[C@H](O)CO. The van der Waals surface area contributed by atoms with Gasteiger partial charge >= 0.3 is 0 Å². The number of aliphatic hydroxyl groups excluding tert-OH is 4. The van der Waals surface area contributed by atoms with Gasteiger partial charge in [-0.05, 0) is 19.4 Å². The fourth-order valence-electron chi connectivity index (χ4n) is 1.62. The molecule has 118 valence electrons. The molecule has 0 saturated heterocycles. The lowest BCUT2D eigenvalue weighted by Gasteiger charge is -2.25. The van der Waals surface area contributed by atoms with Crippen molar-refractivity contribution < 1.29 is 30.0 Å². The molecular formula is C12H24N2O6. The lowest BCUT2D eigenvalue weighted by Crippen LogP contribution is -2.54. The number of hydrogen-bond acceptors (Lipinski definition) is 8. The number of rotatable bonds is 11. The van der Waals surface area contributed by atoms with Crippen molar-refractivity contribution in [2.45, 2.75) is 50.0 Å². The van der Waals surface area contributed by atoms with Gasteiger partial charge in [0.2, 0.25) is 5.78 Å². The van der Waals surface area contributed by atoms with Crippen LogP contribution in [0.4, 0.5) is 0 Å². The lowest BCUT2D eigenvalue weighted by molar-refractivity contribution is -0.142. The zero-order chi connectivity index (χ0) is 15.7. The van der Waals surface area contributed by atoms with Crippen LogP contribution in [0.3, 0.4) is 0 Å². The Balaban J connectivity index is 4.34. The molecule has 0 unspecified atom stereocenters. The minimum atomic E-state index is -1.82. The van der Waals surface area contributed by atoms with E-state index < -0.39 is 42.5 Å². The smallest absolute Gasteiger partial charge is 0.217 e. The van der Waals surface area contributed by atoms with E-state index in [4.69, 9.17) is 21.7 Å². The van der Waals surface area contributed by atoms with Crippen molar-refractivity contribution in [1.29, 1.82) is 0 Å². The van der Waals surface area contributed by atoms with Gasteiger partial charge in [-0.1, -0.05) is 6.42 Å². The average molecular weight is 292 g/mol. The second-order valence-corrected chi connectivity index (χ2v) is 4.64. The highest BCUT2D eigenvalue weighted by molar-refractivity contribution is 6.39. The van der Waals surface area contributed by atoms with Crippen molar-refractivity contribution >= 4 is 11.6 Å². The first-order valence-corrected chi connectivity index (χ1v) is 6.54. The lowest BCUT2D eigenvalue weighted by atomic mass is 9.95. The summed E-state index contributed by atoms with van der Waals surface area (Å²) in [6, 6.07) is -1.63. The largest absolute Gasteiger partial charge is 0.394 e. The Bertz CT molecular complexity index is 312. The molecule has 8 nitrogen and oxygen atoms in total. The third kappa shape index (κ3) is 6.04. The molecule has 0 aromatic heterocycles. The molecule has 0 spiro atoms. The van der Waals surface area contributed by atoms with Crippen LogP contribution in [0.5, 0.6) is 0 Å². The Labute approximate surface area is 117 Å². The molecule has 8 heteroatoms. The summed E-state index contributed by atoms with van der Waals surface area (Å²) in [6.07, 6.45) is -3.31. The van der Waals surface area contributed by atoms with E-state index in [-0.39, 0.29) is 6.42 Å². The Hall–Kier alpha value is -0.900. The van der Waals surface area contributed by atoms with E-state index in [1.807, 2.05) is 0 Å².